The van der Waals surface area contributed by atoms with Gasteiger partial charge in [0.05, 0.1) is 11.4 Å². The number of hydrogen-bond donors (Lipinski definition) is 3. The molecule has 10 aromatic carbocycles. The van der Waals surface area contributed by atoms with Gasteiger partial charge in [0.25, 0.3) is 0 Å². The van der Waals surface area contributed by atoms with Gasteiger partial charge >= 0.3 is 51.4 Å². The van der Waals surface area contributed by atoms with Gasteiger partial charge in [0.1, 0.15) is 5.84 Å². The Kier molecular flexibility index (Phi) is 25.6. The molecule has 386 valence electrons. The maximum Gasteiger partial charge on any atom is 1.00 e. The zero-order chi connectivity index (χ0) is 52.7. The summed E-state index contributed by atoms with van der Waals surface area (Å²) >= 11 is 0. The molecule has 1 heterocycles. The van der Waals surface area contributed by atoms with Crippen LogP contribution in [0, 0.1) is 5.41 Å². The Labute approximate surface area is 512 Å². The second-order valence-corrected chi connectivity index (χ2v) is 17.4. The number of rotatable bonds is 11. The van der Waals surface area contributed by atoms with E-state index in [0.29, 0.717) is 5.56 Å². The van der Waals surface area contributed by atoms with Gasteiger partial charge in [0.15, 0.2) is 11.6 Å². The third kappa shape index (κ3) is 18.3. The molecule has 0 saturated heterocycles. The van der Waals surface area contributed by atoms with Crippen LogP contribution in [0.4, 0.5) is 0 Å². The Morgan fingerprint density at radius 3 is 1.00 bits per heavy atom. The normalized spacial score (nSPS) is 10.0. The zero-order valence-corrected chi connectivity index (χ0v) is 48.1. The number of hydrogen-bond acceptors (Lipinski definition) is 6. The SMILES string of the molecule is CCO.Cl.N=C(N)c1ccccc1.O=C(/C=C/c1ccc(-c2ccccc2)cc1)c1ccc(-c2ccccc2)cc1.[K+].[OH-].c1ccc(-c2ccc(-c3cc(-c4ccc(-c5ccccc5)cc4)nc(-c4ccccc4)n3)cc2)cc1. The molecule has 0 aliphatic heterocycles. The van der Waals surface area contributed by atoms with E-state index in [4.69, 9.17) is 26.2 Å². The van der Waals surface area contributed by atoms with E-state index in [-0.39, 0.29) is 87.5 Å². The molecule has 1 aromatic heterocycles. The first kappa shape index (κ1) is 61.9. The van der Waals surface area contributed by atoms with Crippen LogP contribution in [0.3, 0.4) is 0 Å². The van der Waals surface area contributed by atoms with Gasteiger partial charge in [-0.3, -0.25) is 10.2 Å². The van der Waals surface area contributed by atoms with Crippen molar-refractivity contribution in [2.24, 2.45) is 5.73 Å². The van der Waals surface area contributed by atoms with Crippen molar-refractivity contribution in [3.63, 3.8) is 0 Å². The Hall–Kier alpha value is -7.99. The van der Waals surface area contributed by atoms with Crippen LogP contribution in [0.25, 0.3) is 84.5 Å². The van der Waals surface area contributed by atoms with Crippen molar-refractivity contribution in [2.45, 2.75) is 6.92 Å². The number of halogens is 1. The quantitative estimate of drug-likeness (QED) is 0.0387. The maximum absolute atomic E-state index is 12.5. The number of carbonyl (C=O) groups is 1. The molecule has 0 bridgehead atoms. The number of allylic oxidation sites excluding steroid dienone is 1. The molecule has 11 aromatic rings. The third-order valence-electron chi connectivity index (χ3n) is 12.1. The van der Waals surface area contributed by atoms with Gasteiger partial charge in [-0.1, -0.05) is 285 Å². The van der Waals surface area contributed by atoms with Crippen LogP contribution in [0.15, 0.2) is 291 Å². The number of benzene rings is 10. The van der Waals surface area contributed by atoms with Crippen LogP contribution in [0.2, 0.25) is 0 Å². The second kappa shape index (κ2) is 32.7. The Morgan fingerprint density at radius 1 is 0.418 bits per heavy atom. The molecule has 0 aliphatic carbocycles. The van der Waals surface area contributed by atoms with Crippen molar-refractivity contribution in [1.82, 2.24) is 9.97 Å². The molecule has 0 radical (unpaired) electrons. The molecular formula is C70H60ClKN4O3. The first-order valence-corrected chi connectivity index (χ1v) is 25.1. The van der Waals surface area contributed by atoms with Crippen molar-refractivity contribution >= 4 is 30.1 Å². The average molecular weight is 1080 g/mol. The van der Waals surface area contributed by atoms with Crippen molar-refractivity contribution in [3.05, 3.63) is 308 Å². The largest absolute Gasteiger partial charge is 1.00 e. The van der Waals surface area contributed by atoms with Crippen LogP contribution in [-0.2, 0) is 0 Å². The van der Waals surface area contributed by atoms with E-state index in [2.05, 4.69) is 152 Å². The molecule has 0 saturated carbocycles. The van der Waals surface area contributed by atoms with Crippen LogP contribution in [-0.4, -0.2) is 38.8 Å². The zero-order valence-electron chi connectivity index (χ0n) is 44.2. The summed E-state index contributed by atoms with van der Waals surface area (Å²) in [6, 6.07) is 95.9. The summed E-state index contributed by atoms with van der Waals surface area (Å²) in [6.07, 6.45) is 3.50. The maximum atomic E-state index is 12.5. The molecule has 0 unspecified atom stereocenters. The molecule has 0 amide bonds. The van der Waals surface area contributed by atoms with Crippen LogP contribution in [0.5, 0.6) is 0 Å². The summed E-state index contributed by atoms with van der Waals surface area (Å²) in [4.78, 5) is 22.4. The summed E-state index contributed by atoms with van der Waals surface area (Å²) in [5.41, 5.74) is 22.0. The molecule has 5 N–H and O–H groups in total. The van der Waals surface area contributed by atoms with E-state index in [1.54, 1.807) is 13.0 Å². The number of nitrogens with one attached hydrogen (secondary N) is 1. The minimum Gasteiger partial charge on any atom is -0.870 e. The van der Waals surface area contributed by atoms with E-state index in [9.17, 15) is 4.79 Å². The number of amidine groups is 1. The van der Waals surface area contributed by atoms with Crippen LogP contribution in [0.1, 0.15) is 28.4 Å². The fraction of sp³-hybridized carbons (Fsp3) is 0.0286. The molecule has 79 heavy (non-hydrogen) atoms. The van der Waals surface area contributed by atoms with Crippen LogP contribution < -0.4 is 57.1 Å². The summed E-state index contributed by atoms with van der Waals surface area (Å²) in [5.74, 6) is 0.852. The van der Waals surface area contributed by atoms with Crippen molar-refractivity contribution in [1.29, 1.82) is 5.41 Å². The van der Waals surface area contributed by atoms with E-state index in [0.717, 1.165) is 56.2 Å². The fourth-order valence-corrected chi connectivity index (χ4v) is 8.15. The topological polar surface area (TPSA) is 143 Å². The van der Waals surface area contributed by atoms with E-state index in [1.807, 2.05) is 140 Å². The van der Waals surface area contributed by atoms with Gasteiger partial charge in [0, 0.05) is 34.4 Å². The molecule has 0 fully saturated rings. The molecule has 7 nitrogen and oxygen atoms in total. The van der Waals surface area contributed by atoms with Gasteiger partial charge in [-0.15, -0.1) is 12.4 Å². The van der Waals surface area contributed by atoms with Gasteiger partial charge in [-0.25, -0.2) is 9.97 Å². The van der Waals surface area contributed by atoms with E-state index in [1.165, 1.54) is 33.4 Å². The molecule has 11 rings (SSSR count). The number of nitrogen functional groups attached to an aromatic ring is 1. The van der Waals surface area contributed by atoms with Gasteiger partial charge in [-0.05, 0) is 69.1 Å². The fourth-order valence-electron chi connectivity index (χ4n) is 8.15. The molecule has 9 heteroatoms. The van der Waals surface area contributed by atoms with Gasteiger partial charge in [0.2, 0.25) is 0 Å². The van der Waals surface area contributed by atoms with Gasteiger partial charge in [-0.2, -0.15) is 0 Å². The predicted octanol–water partition coefficient (Wildman–Crippen LogP) is 13.9. The number of nitrogens with zero attached hydrogens (tertiary/aromatic N) is 2. The number of aliphatic hydroxyl groups is 1. The minimum absolute atomic E-state index is 0. The van der Waals surface area contributed by atoms with Crippen molar-refractivity contribution < 1.29 is 66.8 Å². The molecule has 0 atom stereocenters. The number of ketones is 1. The first-order valence-electron chi connectivity index (χ1n) is 25.1. The van der Waals surface area contributed by atoms with Crippen LogP contribution >= 0.6 is 12.4 Å². The average Bonchev–Trinajstić information content (AvgIpc) is 3.52. The smallest absolute Gasteiger partial charge is 0.870 e. The molecule has 0 aliphatic rings. The van der Waals surface area contributed by atoms with Crippen molar-refractivity contribution in [2.75, 3.05) is 6.61 Å². The standard InChI is InChI=1S/C34H24N2.C27H20O.C7H8N2.C2H6O.ClH.K.H2O/c1-4-10-25(11-5-1)27-16-20-29(21-17-27)32-24-33(36-34(35-32)31-14-8-3-9-15-31)30-22-18-28(19-23-30)26-12-6-2-7-13-26;28-27(26-18-16-25(17-19-26)23-9-5-2-6-10-23)20-13-21-11-14-24(15-12-21)22-7-3-1-4-8-22;8-7(9)6-4-2-1-3-5-6;1-2-3;;;/h1-24H;1-20H;1-5H,(H3,8,9);3H,2H2,1H3;1H;;1H2/q;;;;;+1;/p-1/b;20-13+;;;;;. The first-order chi connectivity index (χ1) is 37.3. The van der Waals surface area contributed by atoms with Gasteiger partial charge < -0.3 is 16.3 Å². The molecular weight excluding hydrogens is 1020 g/mol. The summed E-state index contributed by atoms with van der Waals surface area (Å²) < 4.78 is 0. The minimum atomic E-state index is 0. The number of carbonyl (C=O) groups excluding carboxylic acids is 1. The van der Waals surface area contributed by atoms with E-state index >= 15 is 0 Å². The predicted molar refractivity (Wildman–Crippen MR) is 326 cm³/mol. The number of aliphatic hydroxyl groups excluding tert-OH is 1. The monoisotopic (exact) mass is 1080 g/mol. The number of aromatic nitrogens is 2. The second-order valence-electron chi connectivity index (χ2n) is 17.4. The molecule has 0 spiro atoms. The Bertz CT molecular complexity index is 3460. The summed E-state index contributed by atoms with van der Waals surface area (Å²) in [6.45, 7) is 1.93. The Morgan fingerprint density at radius 2 is 0.684 bits per heavy atom. The third-order valence-corrected chi connectivity index (χ3v) is 12.1. The Balaban J connectivity index is 0.000000237. The summed E-state index contributed by atoms with van der Waals surface area (Å²) in [7, 11) is 0. The van der Waals surface area contributed by atoms with E-state index < -0.39 is 0 Å². The summed E-state index contributed by atoms with van der Waals surface area (Å²) in [5, 5.41) is 14.6. The van der Waals surface area contributed by atoms with Crippen molar-refractivity contribution in [3.8, 4) is 78.4 Å². The number of nitrogens with two attached hydrogens (primary N) is 1.